The molecular weight excluding hydrogens is 254 g/mol. The highest BCUT2D eigenvalue weighted by Gasteiger charge is 2.48. The van der Waals surface area contributed by atoms with Crippen molar-refractivity contribution in [3.8, 4) is 0 Å². The minimum Gasteiger partial charge on any atom is -0.292 e. The van der Waals surface area contributed by atoms with Crippen LogP contribution in [0.15, 0.2) is 30.3 Å². The molecule has 1 saturated carbocycles. The zero-order valence-corrected chi connectivity index (χ0v) is 11.2. The molecule has 1 aliphatic heterocycles. The summed E-state index contributed by atoms with van der Waals surface area (Å²) in [5, 5.41) is 0. The second kappa shape index (κ2) is 5.19. The van der Waals surface area contributed by atoms with Crippen LogP contribution in [0.2, 0.25) is 0 Å². The van der Waals surface area contributed by atoms with Crippen LogP contribution in [0.25, 0.3) is 0 Å². The van der Waals surface area contributed by atoms with E-state index < -0.39 is 0 Å². The Hall–Kier alpha value is -1.97. The summed E-state index contributed by atoms with van der Waals surface area (Å²) in [5.41, 5.74) is 0.544. The molecule has 4 heteroatoms. The van der Waals surface area contributed by atoms with Crippen molar-refractivity contribution in [1.29, 1.82) is 0 Å². The molecule has 3 rings (SSSR count). The summed E-state index contributed by atoms with van der Waals surface area (Å²) >= 11 is 0. The maximum atomic E-state index is 12.3. The second-order valence-corrected chi connectivity index (χ2v) is 5.55. The molecule has 20 heavy (non-hydrogen) atoms. The summed E-state index contributed by atoms with van der Waals surface area (Å²) in [5.74, 6) is -0.835. The van der Waals surface area contributed by atoms with E-state index in [1.165, 1.54) is 4.90 Å². The SMILES string of the molecule is O=C(CN1C(=O)[C@@H]2CCCC[C@H]2C1=O)c1ccccc1. The van der Waals surface area contributed by atoms with Crippen molar-refractivity contribution in [2.24, 2.45) is 11.8 Å². The van der Waals surface area contributed by atoms with Gasteiger partial charge in [-0.15, -0.1) is 0 Å². The lowest BCUT2D eigenvalue weighted by molar-refractivity contribution is -0.139. The van der Waals surface area contributed by atoms with Crippen LogP contribution in [0.1, 0.15) is 36.0 Å². The lowest BCUT2D eigenvalue weighted by Crippen LogP contribution is -2.35. The van der Waals surface area contributed by atoms with Gasteiger partial charge in [0.1, 0.15) is 0 Å². The van der Waals surface area contributed by atoms with E-state index in [-0.39, 0.29) is 36.0 Å². The summed E-state index contributed by atoms with van der Waals surface area (Å²) in [6, 6.07) is 8.81. The van der Waals surface area contributed by atoms with Crippen LogP contribution in [0.3, 0.4) is 0 Å². The predicted molar refractivity (Wildman–Crippen MR) is 72.9 cm³/mol. The van der Waals surface area contributed by atoms with Crippen molar-refractivity contribution in [3.05, 3.63) is 35.9 Å². The normalized spacial score (nSPS) is 25.7. The van der Waals surface area contributed by atoms with E-state index in [9.17, 15) is 14.4 Å². The number of benzene rings is 1. The minimum absolute atomic E-state index is 0.116. The fourth-order valence-corrected chi connectivity index (χ4v) is 3.25. The number of imide groups is 1. The van der Waals surface area contributed by atoms with Crippen LogP contribution >= 0.6 is 0 Å². The average Bonchev–Trinajstić information content (AvgIpc) is 2.74. The lowest BCUT2D eigenvalue weighted by atomic mass is 9.81. The number of likely N-dealkylation sites (tertiary alicyclic amines) is 1. The molecule has 0 unspecified atom stereocenters. The Morgan fingerprint density at radius 1 is 1.00 bits per heavy atom. The van der Waals surface area contributed by atoms with Gasteiger partial charge in [0, 0.05) is 5.56 Å². The molecular formula is C16H17NO3. The zero-order valence-electron chi connectivity index (χ0n) is 11.2. The first-order valence-corrected chi connectivity index (χ1v) is 7.12. The number of fused-ring (bicyclic) bond motifs is 1. The van der Waals surface area contributed by atoms with Gasteiger partial charge in [-0.1, -0.05) is 43.2 Å². The van der Waals surface area contributed by atoms with Gasteiger partial charge in [-0.25, -0.2) is 0 Å². The third-order valence-electron chi connectivity index (χ3n) is 4.33. The second-order valence-electron chi connectivity index (χ2n) is 5.55. The smallest absolute Gasteiger partial charge is 0.233 e. The van der Waals surface area contributed by atoms with E-state index in [0.29, 0.717) is 5.56 Å². The first kappa shape index (κ1) is 13.0. The molecule has 0 aromatic heterocycles. The number of carbonyl (C=O) groups is 3. The number of hydrogen-bond acceptors (Lipinski definition) is 3. The molecule has 1 aromatic rings. The van der Waals surface area contributed by atoms with Gasteiger partial charge in [0.2, 0.25) is 11.8 Å². The van der Waals surface area contributed by atoms with E-state index in [1.807, 2.05) is 6.07 Å². The maximum Gasteiger partial charge on any atom is 0.233 e. The zero-order chi connectivity index (χ0) is 14.1. The molecule has 104 valence electrons. The first-order chi connectivity index (χ1) is 9.68. The van der Waals surface area contributed by atoms with Crippen LogP contribution < -0.4 is 0 Å². The number of rotatable bonds is 3. The van der Waals surface area contributed by atoms with Crippen LogP contribution in [-0.4, -0.2) is 29.0 Å². The molecule has 1 aromatic carbocycles. The fourth-order valence-electron chi connectivity index (χ4n) is 3.25. The van der Waals surface area contributed by atoms with Crippen LogP contribution in [0.5, 0.6) is 0 Å². The van der Waals surface area contributed by atoms with E-state index in [4.69, 9.17) is 0 Å². The third kappa shape index (κ3) is 2.15. The maximum absolute atomic E-state index is 12.3. The number of hydrogen-bond donors (Lipinski definition) is 0. The highest BCUT2D eigenvalue weighted by molar-refractivity contribution is 6.09. The van der Waals surface area contributed by atoms with E-state index in [0.717, 1.165) is 25.7 Å². The van der Waals surface area contributed by atoms with Crippen molar-refractivity contribution in [2.75, 3.05) is 6.54 Å². The molecule has 0 radical (unpaired) electrons. The first-order valence-electron chi connectivity index (χ1n) is 7.12. The van der Waals surface area contributed by atoms with Gasteiger partial charge < -0.3 is 0 Å². The van der Waals surface area contributed by atoms with E-state index in [2.05, 4.69) is 0 Å². The predicted octanol–water partition coefficient (Wildman–Crippen LogP) is 2.04. The Morgan fingerprint density at radius 2 is 1.55 bits per heavy atom. The van der Waals surface area contributed by atoms with Gasteiger partial charge >= 0.3 is 0 Å². The summed E-state index contributed by atoms with van der Waals surface area (Å²) < 4.78 is 0. The van der Waals surface area contributed by atoms with Crippen LogP contribution in [-0.2, 0) is 9.59 Å². The molecule has 0 N–H and O–H groups in total. The molecule has 1 saturated heterocycles. The number of Topliss-reactive ketones (excluding diaryl/α,β-unsaturated/α-hetero) is 1. The van der Waals surface area contributed by atoms with Crippen molar-refractivity contribution < 1.29 is 14.4 Å². The number of amides is 2. The van der Waals surface area contributed by atoms with Crippen molar-refractivity contribution in [1.82, 2.24) is 4.90 Å². The fraction of sp³-hybridized carbons (Fsp3) is 0.438. The molecule has 1 heterocycles. The van der Waals surface area contributed by atoms with Gasteiger partial charge in [-0.3, -0.25) is 19.3 Å². The highest BCUT2D eigenvalue weighted by atomic mass is 16.2. The highest BCUT2D eigenvalue weighted by Crippen LogP contribution is 2.37. The van der Waals surface area contributed by atoms with Gasteiger partial charge in [-0.2, -0.15) is 0 Å². The quantitative estimate of drug-likeness (QED) is 0.624. The van der Waals surface area contributed by atoms with E-state index >= 15 is 0 Å². The largest absolute Gasteiger partial charge is 0.292 e. The number of ketones is 1. The average molecular weight is 271 g/mol. The Balaban J connectivity index is 1.76. The lowest BCUT2D eigenvalue weighted by Gasteiger charge is -2.19. The molecule has 2 aliphatic rings. The molecule has 0 bridgehead atoms. The number of nitrogens with zero attached hydrogens (tertiary/aromatic N) is 1. The Morgan fingerprint density at radius 3 is 2.10 bits per heavy atom. The summed E-state index contributed by atoms with van der Waals surface area (Å²) in [4.78, 5) is 37.9. The van der Waals surface area contributed by atoms with Crippen LogP contribution in [0.4, 0.5) is 0 Å². The van der Waals surface area contributed by atoms with E-state index in [1.54, 1.807) is 24.3 Å². The van der Waals surface area contributed by atoms with Gasteiger partial charge in [-0.05, 0) is 12.8 Å². The van der Waals surface area contributed by atoms with Crippen LogP contribution in [0, 0.1) is 11.8 Å². The van der Waals surface area contributed by atoms with Gasteiger partial charge in [0.05, 0.1) is 18.4 Å². The minimum atomic E-state index is -0.181. The topological polar surface area (TPSA) is 54.5 Å². The van der Waals surface area contributed by atoms with Gasteiger partial charge in [0.25, 0.3) is 0 Å². The standard InChI is InChI=1S/C16H17NO3/c18-14(11-6-2-1-3-7-11)10-17-15(19)12-8-4-5-9-13(12)16(17)20/h1-3,6-7,12-13H,4-5,8-10H2/t12-,13-/m1/s1. The molecule has 2 amide bonds. The molecule has 2 atom stereocenters. The molecule has 2 fully saturated rings. The Labute approximate surface area is 117 Å². The summed E-state index contributed by atoms with van der Waals surface area (Å²) in [6.07, 6.45) is 3.57. The molecule has 4 nitrogen and oxygen atoms in total. The Bertz CT molecular complexity index is 528. The van der Waals surface area contributed by atoms with Crippen molar-refractivity contribution >= 4 is 17.6 Å². The molecule has 1 aliphatic carbocycles. The summed E-state index contributed by atoms with van der Waals surface area (Å²) in [6.45, 7) is -0.116. The summed E-state index contributed by atoms with van der Waals surface area (Å²) in [7, 11) is 0. The molecule has 0 spiro atoms. The monoisotopic (exact) mass is 271 g/mol. The van der Waals surface area contributed by atoms with Gasteiger partial charge in [0.15, 0.2) is 5.78 Å². The third-order valence-corrected chi connectivity index (χ3v) is 4.33. The van der Waals surface area contributed by atoms with Crippen molar-refractivity contribution in [2.45, 2.75) is 25.7 Å². The Kier molecular flexibility index (Phi) is 3.38. The van der Waals surface area contributed by atoms with Crippen molar-refractivity contribution in [3.63, 3.8) is 0 Å². The number of carbonyl (C=O) groups excluding carboxylic acids is 3.